The lowest BCUT2D eigenvalue weighted by molar-refractivity contribution is -0.159. The van der Waals surface area contributed by atoms with Gasteiger partial charge in [0.05, 0.1) is 11.3 Å². The van der Waals surface area contributed by atoms with Crippen molar-refractivity contribution in [2.45, 2.75) is 46.3 Å². The summed E-state index contributed by atoms with van der Waals surface area (Å²) in [6.07, 6.45) is 0. The second-order valence-corrected chi connectivity index (χ2v) is 7.94. The van der Waals surface area contributed by atoms with Crippen molar-refractivity contribution in [2.24, 2.45) is 7.05 Å². The Morgan fingerprint density at radius 1 is 1.30 bits per heavy atom. The van der Waals surface area contributed by atoms with Crippen molar-refractivity contribution in [2.75, 3.05) is 18.1 Å². The quantitative estimate of drug-likeness (QED) is 0.771. The zero-order valence-electron chi connectivity index (χ0n) is 14.7. The summed E-state index contributed by atoms with van der Waals surface area (Å²) in [6.45, 7) is 9.74. The zero-order valence-corrected chi connectivity index (χ0v) is 15.5. The summed E-state index contributed by atoms with van der Waals surface area (Å²) in [5, 5.41) is 4.30. The van der Waals surface area contributed by atoms with Gasteiger partial charge in [-0.25, -0.2) is 4.79 Å². The smallest absolute Gasteiger partial charge is 0.330 e. The van der Waals surface area contributed by atoms with Crippen LogP contribution in [0.2, 0.25) is 0 Å². The predicted molar refractivity (Wildman–Crippen MR) is 90.7 cm³/mol. The number of hydrogen-bond acceptors (Lipinski definition) is 5. The van der Waals surface area contributed by atoms with Gasteiger partial charge in [-0.1, -0.05) is 0 Å². The largest absolute Gasteiger partial charge is 0.458 e. The van der Waals surface area contributed by atoms with E-state index in [1.807, 2.05) is 41.7 Å². The maximum absolute atomic E-state index is 13.0. The number of esters is 1. The number of thioether (sulfide) groups is 1. The molecule has 1 fully saturated rings. The Morgan fingerprint density at radius 2 is 1.96 bits per heavy atom. The Bertz CT molecular complexity index is 619. The molecule has 0 spiro atoms. The molecule has 1 aliphatic heterocycles. The monoisotopic (exact) mass is 339 g/mol. The topological polar surface area (TPSA) is 64.4 Å². The van der Waals surface area contributed by atoms with Crippen molar-refractivity contribution in [3.05, 3.63) is 17.0 Å². The number of ether oxygens (including phenoxy) is 1. The summed E-state index contributed by atoms with van der Waals surface area (Å²) in [5.74, 6) is 0.920. The molecule has 0 bridgehead atoms. The SMILES string of the molecule is Cc1nn(C)c(C)c1C(=O)N1CCSC[C@H]1C(=O)OC(C)(C)C. The minimum atomic E-state index is -0.561. The molecule has 0 aromatic carbocycles. The van der Waals surface area contributed by atoms with Crippen LogP contribution >= 0.6 is 11.8 Å². The molecule has 2 rings (SSSR count). The molecule has 23 heavy (non-hydrogen) atoms. The van der Waals surface area contributed by atoms with Gasteiger partial charge in [0, 0.05) is 30.8 Å². The summed E-state index contributed by atoms with van der Waals surface area (Å²) in [4.78, 5) is 27.1. The van der Waals surface area contributed by atoms with Gasteiger partial charge in [-0.3, -0.25) is 9.48 Å². The summed E-state index contributed by atoms with van der Waals surface area (Å²) in [7, 11) is 1.82. The normalized spacial score (nSPS) is 18.9. The van der Waals surface area contributed by atoms with Crippen LogP contribution in [-0.4, -0.2) is 56.3 Å². The number of hydrogen-bond donors (Lipinski definition) is 0. The van der Waals surface area contributed by atoms with Crippen LogP contribution in [-0.2, 0) is 16.6 Å². The Balaban J connectivity index is 2.27. The van der Waals surface area contributed by atoms with Crippen molar-refractivity contribution >= 4 is 23.6 Å². The molecule has 7 heteroatoms. The number of aryl methyl sites for hydroxylation is 2. The molecule has 1 amide bonds. The highest BCUT2D eigenvalue weighted by Gasteiger charge is 2.37. The Kier molecular flexibility index (Phi) is 5.08. The fourth-order valence-electron chi connectivity index (χ4n) is 2.64. The molecule has 1 aliphatic rings. The van der Waals surface area contributed by atoms with Crippen LogP contribution in [0.25, 0.3) is 0 Å². The molecule has 0 radical (unpaired) electrons. The molecule has 2 heterocycles. The molecule has 0 N–H and O–H groups in total. The van der Waals surface area contributed by atoms with Crippen LogP contribution in [0.15, 0.2) is 0 Å². The lowest BCUT2D eigenvalue weighted by Crippen LogP contribution is -2.52. The van der Waals surface area contributed by atoms with Crippen LogP contribution < -0.4 is 0 Å². The Labute approximate surface area is 141 Å². The molecule has 128 valence electrons. The zero-order chi connectivity index (χ0) is 17.4. The first kappa shape index (κ1) is 17.8. The van der Waals surface area contributed by atoms with Crippen molar-refractivity contribution in [3.8, 4) is 0 Å². The molecule has 0 saturated carbocycles. The highest BCUT2D eigenvalue weighted by Crippen LogP contribution is 2.24. The van der Waals surface area contributed by atoms with Gasteiger partial charge < -0.3 is 9.64 Å². The van der Waals surface area contributed by atoms with Gasteiger partial charge in [0.2, 0.25) is 0 Å². The third-order valence-electron chi connectivity index (χ3n) is 3.79. The van der Waals surface area contributed by atoms with Crippen LogP contribution in [0.3, 0.4) is 0 Å². The molecule has 0 aliphatic carbocycles. The fraction of sp³-hybridized carbons (Fsp3) is 0.688. The highest BCUT2D eigenvalue weighted by molar-refractivity contribution is 7.99. The second-order valence-electron chi connectivity index (χ2n) is 6.79. The Morgan fingerprint density at radius 3 is 2.48 bits per heavy atom. The molecule has 1 aromatic rings. The molecule has 0 unspecified atom stereocenters. The van der Waals surface area contributed by atoms with E-state index in [-0.39, 0.29) is 11.9 Å². The van der Waals surface area contributed by atoms with Gasteiger partial charge in [-0.2, -0.15) is 16.9 Å². The van der Waals surface area contributed by atoms with Crippen LogP contribution in [0.5, 0.6) is 0 Å². The van der Waals surface area contributed by atoms with Crippen molar-refractivity contribution in [3.63, 3.8) is 0 Å². The predicted octanol–water partition coefficient (Wildman–Crippen LogP) is 1.94. The van der Waals surface area contributed by atoms with Crippen LogP contribution in [0.1, 0.15) is 42.5 Å². The average molecular weight is 339 g/mol. The van der Waals surface area contributed by atoms with E-state index < -0.39 is 11.6 Å². The molecule has 1 atom stereocenters. The Hall–Kier alpha value is -1.50. The summed E-state index contributed by atoms with van der Waals surface area (Å²) in [6, 6.07) is -0.542. The van der Waals surface area contributed by atoms with E-state index in [1.165, 1.54) is 0 Å². The van der Waals surface area contributed by atoms with Gasteiger partial charge in [0.15, 0.2) is 0 Å². The first-order valence-corrected chi connectivity index (χ1v) is 8.89. The second kappa shape index (κ2) is 6.55. The standard InChI is InChI=1S/C16H25N3O3S/c1-10-13(11(2)18(6)17-10)14(20)19-7-8-23-9-12(19)15(21)22-16(3,4)5/h12H,7-9H2,1-6H3/t12-/m0/s1. The van der Waals surface area contributed by atoms with E-state index in [0.29, 0.717) is 23.6 Å². The van der Waals surface area contributed by atoms with Gasteiger partial charge in [-0.15, -0.1) is 0 Å². The summed E-state index contributed by atoms with van der Waals surface area (Å²) < 4.78 is 7.19. The highest BCUT2D eigenvalue weighted by atomic mass is 32.2. The molecule has 6 nitrogen and oxygen atoms in total. The summed E-state index contributed by atoms with van der Waals surface area (Å²) >= 11 is 1.67. The number of carbonyl (C=O) groups excluding carboxylic acids is 2. The molecular weight excluding hydrogens is 314 g/mol. The summed E-state index contributed by atoms with van der Waals surface area (Å²) in [5.41, 5.74) is 1.53. The van der Waals surface area contributed by atoms with E-state index in [4.69, 9.17) is 4.74 Å². The lowest BCUT2D eigenvalue weighted by atomic mass is 10.1. The van der Waals surface area contributed by atoms with Crippen molar-refractivity contribution < 1.29 is 14.3 Å². The first-order valence-electron chi connectivity index (χ1n) is 7.73. The fourth-order valence-corrected chi connectivity index (χ4v) is 3.67. The van der Waals surface area contributed by atoms with Gasteiger partial charge >= 0.3 is 5.97 Å². The number of aromatic nitrogens is 2. The van der Waals surface area contributed by atoms with Gasteiger partial charge in [-0.05, 0) is 34.6 Å². The van der Waals surface area contributed by atoms with E-state index in [9.17, 15) is 9.59 Å². The maximum Gasteiger partial charge on any atom is 0.330 e. The molecule has 1 saturated heterocycles. The van der Waals surface area contributed by atoms with Crippen molar-refractivity contribution in [1.29, 1.82) is 0 Å². The van der Waals surface area contributed by atoms with E-state index >= 15 is 0 Å². The van der Waals surface area contributed by atoms with E-state index in [2.05, 4.69) is 5.10 Å². The number of amides is 1. The van der Waals surface area contributed by atoms with Crippen LogP contribution in [0, 0.1) is 13.8 Å². The number of rotatable bonds is 2. The molecule has 1 aromatic heterocycles. The average Bonchev–Trinajstić information content (AvgIpc) is 2.69. The lowest BCUT2D eigenvalue weighted by Gasteiger charge is -2.35. The third-order valence-corrected chi connectivity index (χ3v) is 4.81. The molecular formula is C16H25N3O3S. The third kappa shape index (κ3) is 3.88. The van der Waals surface area contributed by atoms with Gasteiger partial charge in [0.25, 0.3) is 5.91 Å². The van der Waals surface area contributed by atoms with Crippen molar-refractivity contribution in [1.82, 2.24) is 14.7 Å². The van der Waals surface area contributed by atoms with E-state index in [0.717, 1.165) is 11.4 Å². The van der Waals surface area contributed by atoms with E-state index in [1.54, 1.807) is 21.3 Å². The number of nitrogens with zero attached hydrogens (tertiary/aromatic N) is 3. The maximum atomic E-state index is 13.0. The minimum Gasteiger partial charge on any atom is -0.458 e. The van der Waals surface area contributed by atoms with Gasteiger partial charge in [0.1, 0.15) is 11.6 Å². The van der Waals surface area contributed by atoms with Crippen LogP contribution in [0.4, 0.5) is 0 Å². The number of carbonyl (C=O) groups is 2. The minimum absolute atomic E-state index is 0.135. The first-order chi connectivity index (χ1) is 10.6.